The molecule has 0 radical (unpaired) electrons. The molecule has 0 aliphatic carbocycles. The van der Waals surface area contributed by atoms with E-state index in [1.807, 2.05) is 0 Å². The molecule has 0 atom stereocenters. The van der Waals surface area contributed by atoms with Crippen molar-refractivity contribution in [1.29, 1.82) is 0 Å². The van der Waals surface area contributed by atoms with Gasteiger partial charge in [0.25, 0.3) is 11.5 Å². The number of hydrogen-bond donors (Lipinski definition) is 0. The molecular formula is C12H23F2N3SSn. The molecule has 0 amide bonds. The van der Waals surface area contributed by atoms with Crippen LogP contribution in [0.25, 0.3) is 0 Å². The molecule has 3 nitrogen and oxygen atoms in total. The van der Waals surface area contributed by atoms with Crippen LogP contribution in [-0.2, 0) is 11.5 Å². The Kier molecular flexibility index (Phi) is 9.98. The van der Waals surface area contributed by atoms with Crippen molar-refractivity contribution in [3.8, 4) is 0 Å². The van der Waals surface area contributed by atoms with Crippen molar-refractivity contribution in [3.05, 3.63) is 30.3 Å². The zero-order valence-electron chi connectivity index (χ0n) is 12.4. The van der Waals surface area contributed by atoms with Crippen molar-refractivity contribution in [2.75, 3.05) is 42.3 Å². The van der Waals surface area contributed by atoms with Crippen LogP contribution < -0.4 is 3.58 Å². The summed E-state index contributed by atoms with van der Waals surface area (Å²) in [4.78, 5) is 0. The van der Waals surface area contributed by atoms with E-state index in [9.17, 15) is 5.73 Å². The van der Waals surface area contributed by atoms with Crippen LogP contribution in [0.3, 0.4) is 0 Å². The van der Waals surface area contributed by atoms with Crippen molar-refractivity contribution in [1.82, 2.24) is 12.9 Å². The number of nitrogens with zero attached hydrogens (tertiary/aromatic N) is 3. The van der Waals surface area contributed by atoms with E-state index in [0.29, 0.717) is 0 Å². The molecule has 7 heteroatoms. The van der Waals surface area contributed by atoms with E-state index in [4.69, 9.17) is 0 Å². The van der Waals surface area contributed by atoms with Crippen molar-refractivity contribution >= 4 is 35.9 Å². The maximum absolute atomic E-state index is 12.0. The fourth-order valence-electron chi connectivity index (χ4n) is 1.54. The van der Waals surface area contributed by atoms with Crippen LogP contribution in [0.5, 0.6) is 0 Å². The molecule has 0 heterocycles. The van der Waals surface area contributed by atoms with Crippen LogP contribution in [0.15, 0.2) is 30.3 Å². The van der Waals surface area contributed by atoms with Gasteiger partial charge in [0.1, 0.15) is 0 Å². The van der Waals surface area contributed by atoms with Gasteiger partial charge in [0.05, 0.1) is 0 Å². The second kappa shape index (κ2) is 9.93. The number of benzene rings is 1. The standard InChI is InChI=1S/C6H18N3S.C6H5.2FH.Sn/c1-7(2)10(8(3)4)9(5)6;1-2-4-6-5-3-1;;;/h1-6H3;1-5H;2*1H;/q+1;;;;+1/p-2. The van der Waals surface area contributed by atoms with E-state index in [1.54, 1.807) is 18.2 Å². The van der Waals surface area contributed by atoms with E-state index < -0.39 is 20.9 Å². The van der Waals surface area contributed by atoms with E-state index in [-0.39, 0.29) is 15.0 Å². The molecule has 0 saturated heterocycles. The third-order valence-corrected chi connectivity index (χ3v) is 6.13. The van der Waals surface area contributed by atoms with Gasteiger partial charge in [0.2, 0.25) is 0 Å². The maximum atomic E-state index is 12.0. The Labute approximate surface area is 127 Å². The first-order valence-corrected chi connectivity index (χ1v) is 10.4. The second-order valence-electron chi connectivity index (χ2n) is 4.31. The van der Waals surface area contributed by atoms with Crippen molar-refractivity contribution < 1.29 is 5.73 Å². The third-order valence-electron chi connectivity index (χ3n) is 1.97. The van der Waals surface area contributed by atoms with Crippen LogP contribution in [-0.4, -0.2) is 76.1 Å². The Morgan fingerprint density at radius 3 is 1.32 bits per heavy atom. The zero-order chi connectivity index (χ0) is 15.0. The molecular weight excluding hydrogens is 375 g/mol. The number of hydrogen-bond acceptors (Lipinski definition) is 3. The fraction of sp³-hybridized carbons (Fsp3) is 0.500. The van der Waals surface area contributed by atoms with E-state index in [0.717, 1.165) is 0 Å². The summed E-state index contributed by atoms with van der Waals surface area (Å²) in [5.74, 6) is 0. The van der Waals surface area contributed by atoms with Crippen molar-refractivity contribution in [2.45, 2.75) is 0 Å². The van der Waals surface area contributed by atoms with Gasteiger partial charge in [-0.05, 0) is 0 Å². The van der Waals surface area contributed by atoms with Gasteiger partial charge in [0, 0.05) is 42.3 Å². The molecule has 1 rings (SSSR count). The Morgan fingerprint density at radius 2 is 1.16 bits per heavy atom. The molecule has 0 aliphatic heterocycles. The van der Waals surface area contributed by atoms with Crippen LogP contribution in [0.2, 0.25) is 0 Å². The molecule has 0 spiro atoms. The van der Waals surface area contributed by atoms with E-state index in [2.05, 4.69) is 55.2 Å². The molecule has 0 unspecified atom stereocenters. The normalized spacial score (nSPS) is 10.9. The Balaban J connectivity index is 0.000000342. The summed E-state index contributed by atoms with van der Waals surface area (Å²) in [6.45, 7) is 0. The predicted octanol–water partition coefficient (Wildman–Crippen LogP) is 1.36. The summed E-state index contributed by atoms with van der Waals surface area (Å²) >= 11 is -3.90. The molecule has 0 aliphatic rings. The molecule has 19 heavy (non-hydrogen) atoms. The first-order valence-electron chi connectivity index (χ1n) is 5.77. The molecule has 1 aromatic carbocycles. The SMILES string of the molecule is CN(C)[S+](N(C)C)N(C)C.[F][Sn-]([F])[c]1ccccc1. The van der Waals surface area contributed by atoms with Gasteiger partial charge in [-0.3, -0.25) is 0 Å². The quantitative estimate of drug-likeness (QED) is 0.561. The Morgan fingerprint density at radius 1 is 0.789 bits per heavy atom. The number of rotatable bonds is 4. The van der Waals surface area contributed by atoms with Crippen LogP contribution in [0.4, 0.5) is 5.73 Å². The molecule has 0 saturated carbocycles. The van der Waals surface area contributed by atoms with Gasteiger partial charge in [0.15, 0.2) is 0 Å². The molecule has 0 fully saturated rings. The third kappa shape index (κ3) is 8.08. The van der Waals surface area contributed by atoms with E-state index in [1.165, 1.54) is 12.1 Å². The zero-order valence-corrected chi connectivity index (χ0v) is 16.1. The average molecular weight is 398 g/mol. The van der Waals surface area contributed by atoms with Gasteiger partial charge >= 0.3 is 60.5 Å². The fourth-order valence-corrected chi connectivity index (χ4v) is 4.77. The molecule has 1 aromatic rings. The molecule has 0 bridgehead atoms. The predicted molar refractivity (Wildman–Crippen MR) is 82.5 cm³/mol. The van der Waals surface area contributed by atoms with Crippen molar-refractivity contribution in [3.63, 3.8) is 0 Å². The first-order chi connectivity index (χ1) is 8.77. The van der Waals surface area contributed by atoms with Crippen LogP contribution in [0, 0.1) is 0 Å². The summed E-state index contributed by atoms with van der Waals surface area (Å²) in [6.07, 6.45) is 0. The Bertz CT molecular complexity index is 318. The molecule has 110 valence electrons. The van der Waals surface area contributed by atoms with Crippen molar-refractivity contribution in [2.24, 2.45) is 0 Å². The monoisotopic (exact) mass is 399 g/mol. The van der Waals surface area contributed by atoms with Crippen LogP contribution in [0.1, 0.15) is 0 Å². The van der Waals surface area contributed by atoms with Crippen LogP contribution >= 0.6 is 0 Å². The minimum absolute atomic E-state index is 0.120. The number of halogens is 2. The molecule has 0 N–H and O–H groups in total. The summed E-state index contributed by atoms with van der Waals surface area (Å²) in [5.41, 5.74) is 0. The minimum atomic E-state index is -4.02. The molecule has 0 aromatic heterocycles. The summed E-state index contributed by atoms with van der Waals surface area (Å²) in [7, 11) is 12.5. The summed E-state index contributed by atoms with van der Waals surface area (Å²) < 4.78 is 30.8. The Hall–Kier alpha value is 0.109. The average Bonchev–Trinajstić information content (AvgIpc) is 2.29. The first kappa shape index (κ1) is 19.1. The van der Waals surface area contributed by atoms with Gasteiger partial charge < -0.3 is 0 Å². The van der Waals surface area contributed by atoms with Gasteiger partial charge in [-0.1, -0.05) is 12.9 Å². The summed E-state index contributed by atoms with van der Waals surface area (Å²) in [6, 6.07) is 8.03. The second-order valence-corrected chi connectivity index (χ2v) is 10.1. The van der Waals surface area contributed by atoms with E-state index >= 15 is 0 Å². The van der Waals surface area contributed by atoms with Gasteiger partial charge in [-0.25, -0.2) is 0 Å². The topological polar surface area (TPSA) is 9.72 Å². The van der Waals surface area contributed by atoms with Gasteiger partial charge in [-0.2, -0.15) is 0 Å². The van der Waals surface area contributed by atoms with Gasteiger partial charge in [-0.15, -0.1) is 0 Å². The summed E-state index contributed by atoms with van der Waals surface area (Å²) in [5, 5.41) is 0.